The first-order valence-corrected chi connectivity index (χ1v) is 14.8. The highest BCUT2D eigenvalue weighted by atomic mass is 33.1. The minimum atomic E-state index is -0.830. The zero-order valence-electron chi connectivity index (χ0n) is 22.0. The number of hydrogen-bond donors (Lipinski definition) is 4. The van der Waals surface area contributed by atoms with Crippen molar-refractivity contribution in [2.45, 2.75) is 88.3 Å². The van der Waals surface area contributed by atoms with Gasteiger partial charge in [0.25, 0.3) is 0 Å². The largest absolute Gasteiger partial charge is 0.480 e. The molecule has 0 aliphatic carbocycles. The standard InChI is InChI=1S/C28H40N2O4S2/c1-7-17(3)25(27(31)32)29-19(5)21-13-9-11-15-23(21)35-36-24-16-12-10-14-22(24)20(6)30-26(28(33)34)18(4)8-2/h9-20,25-26,29-30H,7-8H2,1-6H3,(H,31,32)(H,33,34)/t17-,18-,19?,20?,25-,26-/m0/s1. The molecule has 36 heavy (non-hydrogen) atoms. The predicted octanol–water partition coefficient (Wildman–Crippen LogP) is 6.79. The number of benzene rings is 2. The van der Waals surface area contributed by atoms with E-state index in [1.807, 2.05) is 77.9 Å². The molecule has 0 fully saturated rings. The van der Waals surface area contributed by atoms with Gasteiger partial charge in [0, 0.05) is 21.9 Å². The zero-order valence-corrected chi connectivity index (χ0v) is 23.7. The molecule has 0 aliphatic rings. The van der Waals surface area contributed by atoms with Crippen molar-refractivity contribution < 1.29 is 19.8 Å². The molecule has 8 heteroatoms. The van der Waals surface area contributed by atoms with E-state index in [0.29, 0.717) is 0 Å². The van der Waals surface area contributed by atoms with Crippen LogP contribution in [0, 0.1) is 11.8 Å². The summed E-state index contributed by atoms with van der Waals surface area (Å²) in [6.45, 7) is 11.9. The van der Waals surface area contributed by atoms with Gasteiger partial charge in [0.1, 0.15) is 12.1 Å². The van der Waals surface area contributed by atoms with Crippen molar-refractivity contribution in [2.24, 2.45) is 11.8 Å². The highest BCUT2D eigenvalue weighted by molar-refractivity contribution is 8.76. The molecule has 0 spiro atoms. The molecule has 2 unspecified atom stereocenters. The van der Waals surface area contributed by atoms with Crippen LogP contribution in [0.3, 0.4) is 0 Å². The molecule has 0 heterocycles. The third-order valence-corrected chi connectivity index (χ3v) is 9.32. The van der Waals surface area contributed by atoms with Gasteiger partial charge in [0.2, 0.25) is 0 Å². The Morgan fingerprint density at radius 3 is 1.33 bits per heavy atom. The number of aliphatic carboxylic acids is 2. The SMILES string of the molecule is CC[C@H](C)[C@H](NC(C)c1ccccc1SSc1ccccc1C(C)N[C@H](C(=O)O)[C@@H](C)CC)C(=O)O. The van der Waals surface area contributed by atoms with Crippen LogP contribution >= 0.6 is 21.6 Å². The van der Waals surface area contributed by atoms with E-state index in [1.165, 1.54) is 0 Å². The first-order valence-electron chi connectivity index (χ1n) is 12.6. The molecule has 6 atom stereocenters. The van der Waals surface area contributed by atoms with Crippen molar-refractivity contribution in [3.8, 4) is 0 Å². The van der Waals surface area contributed by atoms with Crippen LogP contribution in [0.2, 0.25) is 0 Å². The number of carboxylic acids is 2. The van der Waals surface area contributed by atoms with Crippen molar-refractivity contribution in [2.75, 3.05) is 0 Å². The van der Waals surface area contributed by atoms with Gasteiger partial charge in [-0.1, -0.05) is 98.5 Å². The lowest BCUT2D eigenvalue weighted by molar-refractivity contribution is -0.142. The molecular formula is C28H40N2O4S2. The second-order valence-electron chi connectivity index (χ2n) is 9.42. The van der Waals surface area contributed by atoms with E-state index < -0.39 is 24.0 Å². The van der Waals surface area contributed by atoms with E-state index in [1.54, 1.807) is 21.6 Å². The van der Waals surface area contributed by atoms with Crippen molar-refractivity contribution >= 4 is 33.5 Å². The molecule has 198 valence electrons. The Balaban J connectivity index is 2.20. The van der Waals surface area contributed by atoms with Gasteiger partial charge in [-0.15, -0.1) is 0 Å². The third-order valence-electron chi connectivity index (χ3n) is 6.81. The lowest BCUT2D eigenvalue weighted by Crippen LogP contribution is -2.43. The minimum absolute atomic E-state index is 0.0186. The number of rotatable bonds is 15. The number of hydrogen-bond acceptors (Lipinski definition) is 6. The number of nitrogens with one attached hydrogen (secondary N) is 2. The highest BCUT2D eigenvalue weighted by Gasteiger charge is 2.27. The molecule has 0 saturated heterocycles. The summed E-state index contributed by atoms with van der Waals surface area (Å²) in [6, 6.07) is 14.6. The van der Waals surface area contributed by atoms with Gasteiger partial charge in [-0.3, -0.25) is 20.2 Å². The molecule has 0 radical (unpaired) electrons. The quantitative estimate of drug-likeness (QED) is 0.186. The summed E-state index contributed by atoms with van der Waals surface area (Å²) in [7, 11) is 3.26. The monoisotopic (exact) mass is 532 g/mol. The maximum absolute atomic E-state index is 11.8. The fourth-order valence-corrected chi connectivity index (χ4v) is 6.64. The van der Waals surface area contributed by atoms with E-state index in [2.05, 4.69) is 22.8 Å². The molecule has 2 aromatic rings. The molecule has 0 aliphatic heterocycles. The molecule has 0 amide bonds. The van der Waals surface area contributed by atoms with Gasteiger partial charge in [-0.05, 0) is 48.9 Å². The lowest BCUT2D eigenvalue weighted by atomic mass is 9.97. The van der Waals surface area contributed by atoms with Gasteiger partial charge in [0.05, 0.1) is 0 Å². The van der Waals surface area contributed by atoms with E-state index in [-0.39, 0.29) is 23.9 Å². The maximum Gasteiger partial charge on any atom is 0.320 e. The smallest absolute Gasteiger partial charge is 0.320 e. The van der Waals surface area contributed by atoms with Crippen LogP contribution in [0.4, 0.5) is 0 Å². The summed E-state index contributed by atoms with van der Waals surface area (Å²) in [5.74, 6) is -1.62. The molecule has 0 bridgehead atoms. The molecule has 0 aromatic heterocycles. The summed E-state index contributed by atoms with van der Waals surface area (Å²) in [5, 5.41) is 26.0. The summed E-state index contributed by atoms with van der Waals surface area (Å²) in [4.78, 5) is 25.8. The van der Waals surface area contributed by atoms with E-state index in [4.69, 9.17) is 0 Å². The summed E-state index contributed by atoms with van der Waals surface area (Å²) < 4.78 is 0. The van der Waals surface area contributed by atoms with E-state index >= 15 is 0 Å². The lowest BCUT2D eigenvalue weighted by Gasteiger charge is -2.26. The number of carboxylic acid groups (broad SMARTS) is 2. The molecule has 2 aromatic carbocycles. The first kappa shape index (κ1) is 30.2. The average molecular weight is 533 g/mol. The molecule has 6 nitrogen and oxygen atoms in total. The summed E-state index contributed by atoms with van der Waals surface area (Å²) in [5.41, 5.74) is 2.10. The fraction of sp³-hybridized carbons (Fsp3) is 0.500. The van der Waals surface area contributed by atoms with E-state index in [9.17, 15) is 19.8 Å². The van der Waals surface area contributed by atoms with Crippen LogP contribution < -0.4 is 10.6 Å². The Hall–Kier alpha value is -2.00. The Morgan fingerprint density at radius 1 is 0.694 bits per heavy atom. The Bertz CT molecular complexity index is 924. The molecule has 0 saturated carbocycles. The highest BCUT2D eigenvalue weighted by Crippen LogP contribution is 2.43. The van der Waals surface area contributed by atoms with Gasteiger partial charge < -0.3 is 10.2 Å². The Morgan fingerprint density at radius 2 is 1.03 bits per heavy atom. The molecule has 4 N–H and O–H groups in total. The Labute approximate surface area is 223 Å². The summed E-state index contributed by atoms with van der Waals surface area (Å²) in [6.07, 6.45) is 1.57. The van der Waals surface area contributed by atoms with Crippen molar-refractivity contribution in [3.63, 3.8) is 0 Å². The van der Waals surface area contributed by atoms with Crippen LogP contribution in [-0.4, -0.2) is 34.2 Å². The van der Waals surface area contributed by atoms with Gasteiger partial charge in [-0.25, -0.2) is 0 Å². The maximum atomic E-state index is 11.8. The van der Waals surface area contributed by atoms with Crippen LogP contribution in [0.1, 0.15) is 77.6 Å². The van der Waals surface area contributed by atoms with Crippen molar-refractivity contribution in [1.29, 1.82) is 0 Å². The van der Waals surface area contributed by atoms with Crippen LogP contribution in [0.15, 0.2) is 58.3 Å². The molecule has 2 rings (SSSR count). The second kappa shape index (κ2) is 14.7. The zero-order chi connectivity index (χ0) is 26.8. The van der Waals surface area contributed by atoms with Gasteiger partial charge >= 0.3 is 11.9 Å². The van der Waals surface area contributed by atoms with Gasteiger partial charge in [0.15, 0.2) is 0 Å². The average Bonchev–Trinajstić information content (AvgIpc) is 2.87. The second-order valence-corrected chi connectivity index (χ2v) is 11.6. The first-order chi connectivity index (χ1) is 17.1. The van der Waals surface area contributed by atoms with Crippen LogP contribution in [0.25, 0.3) is 0 Å². The fourth-order valence-electron chi connectivity index (χ4n) is 4.07. The normalized spacial score (nSPS) is 16.5. The van der Waals surface area contributed by atoms with Gasteiger partial charge in [-0.2, -0.15) is 0 Å². The number of carbonyl (C=O) groups is 2. The topological polar surface area (TPSA) is 98.7 Å². The Kier molecular flexibility index (Phi) is 12.3. The summed E-state index contributed by atoms with van der Waals surface area (Å²) >= 11 is 0. The van der Waals surface area contributed by atoms with Crippen LogP contribution in [0.5, 0.6) is 0 Å². The molecular weight excluding hydrogens is 492 g/mol. The predicted molar refractivity (Wildman–Crippen MR) is 149 cm³/mol. The van der Waals surface area contributed by atoms with Crippen molar-refractivity contribution in [3.05, 3.63) is 59.7 Å². The minimum Gasteiger partial charge on any atom is -0.480 e. The van der Waals surface area contributed by atoms with Crippen molar-refractivity contribution in [1.82, 2.24) is 10.6 Å². The van der Waals surface area contributed by atoms with Crippen LogP contribution in [-0.2, 0) is 9.59 Å². The third kappa shape index (κ3) is 8.26. The van der Waals surface area contributed by atoms with E-state index in [0.717, 1.165) is 33.8 Å².